The van der Waals surface area contributed by atoms with Crippen LogP contribution in [0.1, 0.15) is 140 Å². The second kappa shape index (κ2) is 16.5. The van der Waals surface area contributed by atoms with Crippen LogP contribution in [0.4, 0.5) is 0 Å². The Morgan fingerprint density at radius 3 is 1.39 bits per heavy atom. The van der Waals surface area contributed by atoms with Crippen molar-refractivity contribution in [3.63, 3.8) is 0 Å². The highest BCUT2D eigenvalue weighted by Gasteiger charge is 2.61. The number of fused-ring (bicyclic) bond motifs is 8. The van der Waals surface area contributed by atoms with Crippen molar-refractivity contribution in [3.8, 4) is 23.0 Å². The second-order valence-corrected chi connectivity index (χ2v) is 25.0. The molecule has 4 aromatic rings. The molecule has 0 aromatic heterocycles. The first kappa shape index (κ1) is 40.4. The minimum atomic E-state index is -0.726. The molecule has 5 heteroatoms. The molecule has 3 nitrogen and oxygen atoms in total. The molecule has 59 heavy (non-hydrogen) atoms. The highest BCUT2D eigenvalue weighted by molar-refractivity contribution is 7.74. The highest BCUT2D eigenvalue weighted by Crippen LogP contribution is 2.66. The smallest absolute Gasteiger partial charge is 0.135 e. The van der Waals surface area contributed by atoms with Gasteiger partial charge in [-0.05, 0) is 151 Å². The van der Waals surface area contributed by atoms with E-state index in [0.717, 1.165) is 41.3 Å². The molecule has 0 amide bonds. The zero-order valence-electron chi connectivity index (χ0n) is 36.8. The summed E-state index contributed by atoms with van der Waals surface area (Å²) in [4.78, 5) is 0. The van der Waals surface area contributed by atoms with E-state index >= 15 is 0 Å². The van der Waals surface area contributed by atoms with Crippen molar-refractivity contribution in [3.05, 3.63) is 95.1 Å². The molecular weight excluding hydrogens is 759 g/mol. The Kier molecular flexibility index (Phi) is 11.3. The maximum Gasteiger partial charge on any atom is 0.135 e. The fraction of sp³-hybridized carbons (Fsp3) is 0.556. The molecule has 4 aliphatic heterocycles. The molecule has 4 aromatic carbocycles. The molecule has 10 atom stereocenters. The molecule has 0 N–H and O–H groups in total. The quantitative estimate of drug-likeness (QED) is 0.118. The van der Waals surface area contributed by atoms with Crippen LogP contribution in [0.2, 0.25) is 0 Å². The Morgan fingerprint density at radius 1 is 0.525 bits per heavy atom. The lowest BCUT2D eigenvalue weighted by Crippen LogP contribution is -2.63. The number of ether oxygens (including phenoxy) is 3. The third-order valence-corrected chi connectivity index (χ3v) is 21.7. The van der Waals surface area contributed by atoms with Gasteiger partial charge in [0.25, 0.3) is 0 Å². The van der Waals surface area contributed by atoms with Gasteiger partial charge in [-0.15, -0.1) is 0 Å². The van der Waals surface area contributed by atoms with Crippen LogP contribution in [0, 0.1) is 42.9 Å². The van der Waals surface area contributed by atoms with Gasteiger partial charge in [0.2, 0.25) is 0 Å². The lowest BCUT2D eigenvalue weighted by Gasteiger charge is -2.63. The lowest BCUT2D eigenvalue weighted by atomic mass is 9.54. The monoisotopic (exact) mass is 826 g/mol. The average molecular weight is 827 g/mol. The maximum atomic E-state index is 8.26. The third-order valence-electron chi connectivity index (χ3n) is 15.9. The molecule has 6 aliphatic rings. The topological polar surface area (TPSA) is 27.7 Å². The minimum absolute atomic E-state index is 0.175. The van der Waals surface area contributed by atoms with Crippen LogP contribution in [0.5, 0.6) is 23.0 Å². The Labute approximate surface area is 358 Å². The van der Waals surface area contributed by atoms with Gasteiger partial charge in [0.15, 0.2) is 0 Å². The molecule has 0 spiro atoms. The number of hydrogen-bond acceptors (Lipinski definition) is 3. The van der Waals surface area contributed by atoms with Gasteiger partial charge >= 0.3 is 0 Å². The number of hydrogen-bond donors (Lipinski definition) is 0. The molecule has 312 valence electrons. The van der Waals surface area contributed by atoms with E-state index in [1.165, 1.54) is 133 Å². The SMILES string of the molecule is CCCCCCC1CC2C3OC4C(CC(CCCCCC)CC4C(C)(C)C3C1)P1c3cc(C)ccc3Oc3ccc(cc31)Cc1ccc3c(c1)P2c1cc(C)ccc1O3. The molecule has 2 saturated carbocycles. The van der Waals surface area contributed by atoms with Gasteiger partial charge in [0, 0.05) is 32.5 Å². The second-order valence-electron chi connectivity index (χ2n) is 20.3. The molecule has 10 unspecified atom stereocenters. The Hall–Kier alpha value is -2.70. The van der Waals surface area contributed by atoms with E-state index in [0.29, 0.717) is 23.2 Å². The van der Waals surface area contributed by atoms with Crippen molar-refractivity contribution in [1.82, 2.24) is 0 Å². The largest absolute Gasteiger partial charge is 0.456 e. The van der Waals surface area contributed by atoms with Crippen molar-refractivity contribution in [2.75, 3.05) is 0 Å². The molecule has 10 rings (SSSR count). The molecule has 1 saturated heterocycles. The van der Waals surface area contributed by atoms with Gasteiger partial charge in [-0.2, -0.15) is 0 Å². The van der Waals surface area contributed by atoms with E-state index in [1.54, 1.807) is 0 Å². The van der Waals surface area contributed by atoms with Crippen molar-refractivity contribution in [2.45, 2.75) is 161 Å². The standard InChI is InChI=1S/C54H68O3P2/c1-7-9-11-13-15-36-28-40-52-50(32-36)58-46-25-34(3)17-21-42(46)55-44-23-19-38(30-48(44)58)27-39-20-24-45-49(31-39)59(47-26-35(4)18-22-43(47)56-45)51-33-37(16-14-12-10-8-2)29-41(53(51)57-52)54(40,5)6/h17-26,30-31,36-37,40-41,50-53H,7-16,27-29,32-33H2,1-6H3. The van der Waals surface area contributed by atoms with E-state index in [2.05, 4.69) is 114 Å². The van der Waals surface area contributed by atoms with Crippen LogP contribution in [0.15, 0.2) is 72.8 Å². The first-order valence-electron chi connectivity index (χ1n) is 23.8. The number of benzene rings is 4. The summed E-state index contributed by atoms with van der Waals surface area (Å²) in [5.41, 5.74) is 6.54. The fourth-order valence-corrected chi connectivity index (χ4v) is 19.6. The van der Waals surface area contributed by atoms with E-state index < -0.39 is 15.8 Å². The van der Waals surface area contributed by atoms with Gasteiger partial charge in [0.05, 0.1) is 12.2 Å². The molecule has 3 fully saturated rings. The number of aryl methyl sites for hydroxylation is 2. The van der Waals surface area contributed by atoms with Gasteiger partial charge in [-0.3, -0.25) is 0 Å². The predicted molar refractivity (Wildman–Crippen MR) is 251 cm³/mol. The zero-order chi connectivity index (χ0) is 40.4. The average Bonchev–Trinajstić information content (AvgIpc) is 3.22. The minimum Gasteiger partial charge on any atom is -0.456 e. The van der Waals surface area contributed by atoms with Crippen molar-refractivity contribution >= 4 is 37.1 Å². The van der Waals surface area contributed by atoms with Crippen LogP contribution >= 0.6 is 15.8 Å². The summed E-state index contributed by atoms with van der Waals surface area (Å²) >= 11 is 0. The molecule has 2 aliphatic carbocycles. The lowest BCUT2D eigenvalue weighted by molar-refractivity contribution is -0.206. The maximum absolute atomic E-state index is 8.26. The Bertz CT molecular complexity index is 2030. The van der Waals surface area contributed by atoms with Gasteiger partial charge in [-0.25, -0.2) is 0 Å². The summed E-state index contributed by atoms with van der Waals surface area (Å²) < 4.78 is 22.0. The molecule has 0 radical (unpaired) electrons. The van der Waals surface area contributed by atoms with Crippen molar-refractivity contribution in [2.24, 2.45) is 29.1 Å². The summed E-state index contributed by atoms with van der Waals surface area (Å²) in [5.74, 6) is 6.89. The fourth-order valence-electron chi connectivity index (χ4n) is 12.8. The first-order valence-corrected chi connectivity index (χ1v) is 26.6. The van der Waals surface area contributed by atoms with E-state index in [-0.39, 0.29) is 17.6 Å². The zero-order valence-corrected chi connectivity index (χ0v) is 38.6. The van der Waals surface area contributed by atoms with E-state index in [1.807, 2.05) is 0 Å². The molecule has 4 heterocycles. The van der Waals surface area contributed by atoms with E-state index in [9.17, 15) is 0 Å². The van der Waals surface area contributed by atoms with Gasteiger partial charge in [0.1, 0.15) is 23.0 Å². The van der Waals surface area contributed by atoms with Gasteiger partial charge in [-0.1, -0.05) is 127 Å². The summed E-state index contributed by atoms with van der Waals surface area (Å²) in [6.45, 7) is 14.7. The summed E-state index contributed by atoms with van der Waals surface area (Å²) in [6.07, 6.45) is 20.0. The number of rotatable bonds is 10. The molecular formula is C54H68O3P2. The van der Waals surface area contributed by atoms with Crippen molar-refractivity contribution in [1.29, 1.82) is 0 Å². The summed E-state index contributed by atoms with van der Waals surface area (Å²) in [7, 11) is -1.45. The van der Waals surface area contributed by atoms with Crippen LogP contribution in [-0.4, -0.2) is 23.5 Å². The first-order chi connectivity index (χ1) is 28.7. The van der Waals surface area contributed by atoms with Crippen LogP contribution in [-0.2, 0) is 11.2 Å². The summed E-state index contributed by atoms with van der Waals surface area (Å²) in [5, 5.41) is 5.80. The highest BCUT2D eigenvalue weighted by atomic mass is 31.1. The Morgan fingerprint density at radius 2 is 0.949 bits per heavy atom. The van der Waals surface area contributed by atoms with Gasteiger partial charge < -0.3 is 14.2 Å². The van der Waals surface area contributed by atoms with Crippen molar-refractivity contribution < 1.29 is 14.2 Å². The molecule has 6 bridgehead atoms. The normalized spacial score (nSPS) is 30.5. The van der Waals surface area contributed by atoms with E-state index in [4.69, 9.17) is 14.2 Å². The van der Waals surface area contributed by atoms with Crippen LogP contribution in [0.3, 0.4) is 0 Å². The third kappa shape index (κ3) is 7.44. The predicted octanol–water partition coefficient (Wildman–Crippen LogP) is 13.5. The van der Waals surface area contributed by atoms with Crippen LogP contribution in [0.25, 0.3) is 0 Å². The number of unbranched alkanes of at least 4 members (excludes halogenated alkanes) is 6. The summed E-state index contributed by atoms with van der Waals surface area (Å²) in [6, 6.07) is 28.5. The van der Waals surface area contributed by atoms with Crippen LogP contribution < -0.4 is 30.7 Å². The Balaban J connectivity index is 1.17.